The van der Waals surface area contributed by atoms with Crippen LogP contribution in [0.3, 0.4) is 0 Å². The van der Waals surface area contributed by atoms with Gasteiger partial charge in [-0.3, -0.25) is 19.4 Å². The van der Waals surface area contributed by atoms with Gasteiger partial charge in [0.15, 0.2) is 0 Å². The minimum Gasteiger partial charge on any atom is -0.395 e. The van der Waals surface area contributed by atoms with Gasteiger partial charge in [-0.05, 0) is 24.3 Å². The lowest BCUT2D eigenvalue weighted by atomic mass is 10.2. The van der Waals surface area contributed by atoms with Crippen molar-refractivity contribution < 1.29 is 19.4 Å². The number of aliphatic hydroxyl groups is 1. The van der Waals surface area contributed by atoms with E-state index in [2.05, 4.69) is 15.6 Å². The van der Waals surface area contributed by atoms with Crippen LogP contribution in [0.2, 0.25) is 0 Å². The first-order valence-corrected chi connectivity index (χ1v) is 10.3. The Morgan fingerprint density at radius 1 is 1.17 bits per heavy atom. The molecule has 0 spiro atoms. The molecule has 2 amide bonds. The Morgan fingerprint density at radius 3 is 2.66 bits per heavy atom. The van der Waals surface area contributed by atoms with Crippen LogP contribution >= 0.6 is 11.3 Å². The number of rotatable bonds is 7. The third kappa shape index (κ3) is 4.54. The third-order valence-corrected chi connectivity index (χ3v) is 5.73. The van der Waals surface area contributed by atoms with Gasteiger partial charge in [-0.25, -0.2) is 4.98 Å². The van der Waals surface area contributed by atoms with E-state index in [0.717, 1.165) is 54.0 Å². The number of aliphatic hydroxyl groups excluding tert-OH is 1. The van der Waals surface area contributed by atoms with Crippen LogP contribution in [0, 0.1) is 0 Å². The quantitative estimate of drug-likeness (QED) is 0.660. The first kappa shape index (κ1) is 19.7. The number of anilines is 1. The van der Waals surface area contributed by atoms with E-state index in [-0.39, 0.29) is 18.8 Å². The summed E-state index contributed by atoms with van der Waals surface area (Å²) in [4.78, 5) is 32.1. The summed E-state index contributed by atoms with van der Waals surface area (Å²) in [7, 11) is 0. The number of hydrogen-bond donors (Lipinski definition) is 2. The van der Waals surface area contributed by atoms with Gasteiger partial charge in [0.25, 0.3) is 11.8 Å². The second-order valence-corrected chi connectivity index (χ2v) is 7.67. The number of carbonyl (C=O) groups excluding carboxylic acids is 2. The zero-order valence-corrected chi connectivity index (χ0v) is 16.7. The first-order chi connectivity index (χ1) is 14.1. The molecular formula is C20H22N4O4S. The maximum atomic E-state index is 12.2. The molecule has 29 heavy (non-hydrogen) atoms. The number of morpholine rings is 1. The fourth-order valence-electron chi connectivity index (χ4n) is 3.26. The van der Waals surface area contributed by atoms with E-state index in [0.29, 0.717) is 5.69 Å². The normalized spacial score (nSPS) is 17.7. The molecule has 2 N–H and O–H groups in total. The van der Waals surface area contributed by atoms with Gasteiger partial charge in [-0.2, -0.15) is 0 Å². The highest BCUT2D eigenvalue weighted by atomic mass is 32.1. The number of nitrogens with one attached hydrogen (secondary N) is 1. The molecule has 2 aliphatic rings. The van der Waals surface area contributed by atoms with Gasteiger partial charge in [-0.1, -0.05) is 0 Å². The molecule has 0 atom stereocenters. The van der Waals surface area contributed by atoms with Crippen LogP contribution in [0.1, 0.15) is 5.69 Å². The van der Waals surface area contributed by atoms with Crippen molar-refractivity contribution in [3.05, 3.63) is 47.1 Å². The minimum absolute atomic E-state index is 0.00484. The molecule has 0 bridgehead atoms. The summed E-state index contributed by atoms with van der Waals surface area (Å²) < 4.78 is 5.38. The topological polar surface area (TPSA) is 95.0 Å². The maximum absolute atomic E-state index is 12.2. The fraction of sp³-hybridized carbons (Fsp3) is 0.350. The summed E-state index contributed by atoms with van der Waals surface area (Å²) in [6.45, 7) is 3.97. The van der Waals surface area contributed by atoms with E-state index < -0.39 is 11.8 Å². The predicted octanol–water partition coefficient (Wildman–Crippen LogP) is 1.30. The molecule has 1 fully saturated rings. The Labute approximate surface area is 172 Å². The Kier molecular flexibility index (Phi) is 6.00. The van der Waals surface area contributed by atoms with Crippen molar-refractivity contribution in [2.24, 2.45) is 0 Å². The molecule has 2 aromatic rings. The van der Waals surface area contributed by atoms with Crippen molar-refractivity contribution in [2.45, 2.75) is 6.54 Å². The maximum Gasteiger partial charge on any atom is 0.277 e. The van der Waals surface area contributed by atoms with Crippen LogP contribution in [0.25, 0.3) is 10.6 Å². The SMILES string of the molecule is O=C1C=C(Nc2ccc(-c3nc(CN4CCOCC4)cs3)cc2)C(=O)N1CCO. The number of β-amino-alcohol motifs (C(OH)–C–C–N with tert-alkyl or cyclic N) is 1. The molecular weight excluding hydrogens is 392 g/mol. The predicted molar refractivity (Wildman–Crippen MR) is 109 cm³/mol. The van der Waals surface area contributed by atoms with Crippen molar-refractivity contribution in [2.75, 3.05) is 44.8 Å². The number of amides is 2. The third-order valence-electron chi connectivity index (χ3n) is 4.78. The first-order valence-electron chi connectivity index (χ1n) is 9.44. The smallest absolute Gasteiger partial charge is 0.277 e. The number of benzene rings is 1. The molecule has 0 unspecified atom stereocenters. The average Bonchev–Trinajstić information content (AvgIpc) is 3.30. The van der Waals surface area contributed by atoms with Crippen LogP contribution in [0.15, 0.2) is 41.4 Å². The van der Waals surface area contributed by atoms with E-state index >= 15 is 0 Å². The van der Waals surface area contributed by atoms with Gasteiger partial charge in [0.05, 0.1) is 32.1 Å². The van der Waals surface area contributed by atoms with E-state index in [9.17, 15) is 9.59 Å². The molecule has 152 valence electrons. The van der Waals surface area contributed by atoms with Crippen LogP contribution in [-0.4, -0.2) is 71.2 Å². The average molecular weight is 414 g/mol. The molecule has 1 aromatic heterocycles. The summed E-state index contributed by atoms with van der Waals surface area (Å²) in [5.41, 5.74) is 2.96. The van der Waals surface area contributed by atoms with Crippen molar-refractivity contribution in [3.8, 4) is 10.6 Å². The molecule has 9 heteroatoms. The van der Waals surface area contributed by atoms with Crippen molar-refractivity contribution in [1.29, 1.82) is 0 Å². The van der Waals surface area contributed by atoms with Crippen molar-refractivity contribution >= 4 is 28.8 Å². The highest BCUT2D eigenvalue weighted by Crippen LogP contribution is 2.26. The van der Waals surface area contributed by atoms with E-state index in [1.54, 1.807) is 11.3 Å². The van der Waals surface area contributed by atoms with Gasteiger partial charge in [0.2, 0.25) is 0 Å². The number of hydrogen-bond acceptors (Lipinski definition) is 8. The van der Waals surface area contributed by atoms with Crippen LogP contribution in [0.4, 0.5) is 5.69 Å². The standard InChI is InChI=1S/C20H22N4O4S/c25-8-5-24-18(26)11-17(20(24)27)21-15-3-1-14(2-4-15)19-22-16(13-29-19)12-23-6-9-28-10-7-23/h1-4,11,13,21,25H,5-10,12H2. The van der Waals surface area contributed by atoms with Crippen molar-refractivity contribution in [3.63, 3.8) is 0 Å². The molecule has 0 saturated carbocycles. The summed E-state index contributed by atoms with van der Waals surface area (Å²) >= 11 is 1.61. The molecule has 0 radical (unpaired) electrons. The Balaban J connectivity index is 1.39. The second-order valence-electron chi connectivity index (χ2n) is 6.81. The minimum atomic E-state index is -0.430. The summed E-state index contributed by atoms with van der Waals surface area (Å²) in [6.07, 6.45) is 1.25. The van der Waals surface area contributed by atoms with Crippen molar-refractivity contribution in [1.82, 2.24) is 14.8 Å². The van der Waals surface area contributed by atoms with Gasteiger partial charge in [0.1, 0.15) is 10.7 Å². The number of aromatic nitrogens is 1. The monoisotopic (exact) mass is 414 g/mol. The molecule has 3 heterocycles. The van der Waals surface area contributed by atoms with Gasteiger partial charge in [-0.15, -0.1) is 11.3 Å². The number of imide groups is 1. The van der Waals surface area contributed by atoms with E-state index in [1.165, 1.54) is 6.08 Å². The van der Waals surface area contributed by atoms with Crippen LogP contribution in [-0.2, 0) is 20.9 Å². The van der Waals surface area contributed by atoms with E-state index in [1.807, 2.05) is 24.3 Å². The lowest BCUT2D eigenvalue weighted by molar-refractivity contribution is -0.137. The summed E-state index contributed by atoms with van der Waals surface area (Å²) in [5.74, 6) is -0.848. The zero-order valence-electron chi connectivity index (χ0n) is 15.8. The Morgan fingerprint density at radius 2 is 1.93 bits per heavy atom. The lowest BCUT2D eigenvalue weighted by Crippen LogP contribution is -2.35. The largest absolute Gasteiger partial charge is 0.395 e. The molecule has 4 rings (SSSR count). The number of ether oxygens (including phenoxy) is 1. The van der Waals surface area contributed by atoms with E-state index in [4.69, 9.17) is 14.8 Å². The fourth-order valence-corrected chi connectivity index (χ4v) is 4.08. The Hall–Kier alpha value is -2.59. The molecule has 1 aromatic carbocycles. The lowest BCUT2D eigenvalue weighted by Gasteiger charge is -2.25. The summed E-state index contributed by atoms with van der Waals surface area (Å²) in [6, 6.07) is 7.58. The Bertz CT molecular complexity index is 919. The van der Waals surface area contributed by atoms with Gasteiger partial charge >= 0.3 is 0 Å². The zero-order chi connectivity index (χ0) is 20.2. The second kappa shape index (κ2) is 8.83. The number of carbonyl (C=O) groups is 2. The van der Waals surface area contributed by atoms with Gasteiger partial charge in [0, 0.05) is 42.3 Å². The molecule has 1 saturated heterocycles. The molecule has 2 aliphatic heterocycles. The molecule has 8 nitrogen and oxygen atoms in total. The highest BCUT2D eigenvalue weighted by Gasteiger charge is 2.30. The summed E-state index contributed by atoms with van der Waals surface area (Å²) in [5, 5.41) is 15.0. The van der Waals surface area contributed by atoms with Crippen LogP contribution in [0.5, 0.6) is 0 Å². The van der Waals surface area contributed by atoms with Gasteiger partial charge < -0.3 is 15.2 Å². The van der Waals surface area contributed by atoms with Crippen LogP contribution < -0.4 is 5.32 Å². The number of nitrogens with zero attached hydrogens (tertiary/aromatic N) is 3. The molecule has 0 aliphatic carbocycles. The highest BCUT2D eigenvalue weighted by molar-refractivity contribution is 7.13. The number of thiazole rings is 1.